The summed E-state index contributed by atoms with van der Waals surface area (Å²) in [4.78, 5) is 22.1. The Morgan fingerprint density at radius 1 is 1.04 bits per heavy atom. The zero-order valence-electron chi connectivity index (χ0n) is 16.4. The average molecular weight is 395 g/mol. The Hall–Kier alpha value is -2.47. The Morgan fingerprint density at radius 3 is 2.43 bits per heavy atom. The van der Waals surface area contributed by atoms with Gasteiger partial charge in [-0.25, -0.2) is 4.98 Å². The lowest BCUT2D eigenvalue weighted by Gasteiger charge is -2.37. The first-order chi connectivity index (χ1) is 13.7. The van der Waals surface area contributed by atoms with Crippen molar-refractivity contribution in [1.82, 2.24) is 14.5 Å². The van der Waals surface area contributed by atoms with Crippen molar-refractivity contribution in [2.75, 3.05) is 31.1 Å². The number of fused-ring (bicyclic) bond motifs is 1. The maximum absolute atomic E-state index is 13.0. The number of aromatic nitrogens is 2. The van der Waals surface area contributed by atoms with Crippen LogP contribution in [0.15, 0.2) is 59.8 Å². The van der Waals surface area contributed by atoms with E-state index in [4.69, 9.17) is 4.98 Å². The standard InChI is InChI=1S/C22H26N4OS/c1-3-26-20-12-8-7-11-19(20)23-22(26)28-17(2)21(27)25-15-13-24(14-16-25)18-9-5-4-6-10-18/h4-12,17H,3,13-16H2,1-2H3. The topological polar surface area (TPSA) is 41.4 Å². The van der Waals surface area contributed by atoms with E-state index in [-0.39, 0.29) is 11.2 Å². The first-order valence-electron chi connectivity index (χ1n) is 9.88. The van der Waals surface area contributed by atoms with E-state index in [2.05, 4.69) is 46.7 Å². The molecule has 28 heavy (non-hydrogen) atoms. The SMILES string of the molecule is CCn1c(SC(C)C(=O)N2CCN(c3ccccc3)CC2)nc2ccccc21. The Morgan fingerprint density at radius 2 is 1.71 bits per heavy atom. The van der Waals surface area contributed by atoms with Gasteiger partial charge in [0.1, 0.15) is 0 Å². The summed E-state index contributed by atoms with van der Waals surface area (Å²) in [5.41, 5.74) is 3.35. The number of aryl methyl sites for hydroxylation is 1. The predicted molar refractivity (Wildman–Crippen MR) is 116 cm³/mol. The fourth-order valence-corrected chi connectivity index (χ4v) is 4.81. The number of benzene rings is 2. The number of hydrogen-bond acceptors (Lipinski definition) is 4. The number of nitrogens with zero attached hydrogens (tertiary/aromatic N) is 4. The molecule has 4 rings (SSSR count). The van der Waals surface area contributed by atoms with E-state index < -0.39 is 0 Å². The molecule has 1 fully saturated rings. The van der Waals surface area contributed by atoms with Gasteiger partial charge in [-0.15, -0.1) is 0 Å². The van der Waals surface area contributed by atoms with Gasteiger partial charge in [0.2, 0.25) is 5.91 Å². The molecule has 0 N–H and O–H groups in total. The second kappa shape index (κ2) is 8.27. The number of rotatable bonds is 5. The van der Waals surface area contributed by atoms with Crippen molar-refractivity contribution in [3.8, 4) is 0 Å². The molecule has 2 heterocycles. The Balaban J connectivity index is 1.41. The third-order valence-electron chi connectivity index (χ3n) is 5.28. The van der Waals surface area contributed by atoms with Gasteiger partial charge in [-0.05, 0) is 38.1 Å². The van der Waals surface area contributed by atoms with Crippen molar-refractivity contribution in [2.45, 2.75) is 30.8 Å². The van der Waals surface area contributed by atoms with Crippen LogP contribution in [0.5, 0.6) is 0 Å². The molecular formula is C22H26N4OS. The van der Waals surface area contributed by atoms with Crippen molar-refractivity contribution in [2.24, 2.45) is 0 Å². The van der Waals surface area contributed by atoms with Crippen LogP contribution in [-0.4, -0.2) is 51.8 Å². The van der Waals surface area contributed by atoms with E-state index in [9.17, 15) is 4.79 Å². The molecule has 3 aromatic rings. The predicted octanol–water partition coefficient (Wildman–Crippen LogP) is 3.89. The van der Waals surface area contributed by atoms with E-state index in [1.165, 1.54) is 5.69 Å². The van der Waals surface area contributed by atoms with Crippen molar-refractivity contribution < 1.29 is 4.79 Å². The normalized spacial score (nSPS) is 15.8. The van der Waals surface area contributed by atoms with Crippen LogP contribution in [0.3, 0.4) is 0 Å². The number of amides is 1. The minimum Gasteiger partial charge on any atom is -0.368 e. The van der Waals surface area contributed by atoms with Gasteiger partial charge in [0, 0.05) is 38.4 Å². The zero-order chi connectivity index (χ0) is 19.5. The number of carbonyl (C=O) groups is 1. The van der Waals surface area contributed by atoms with Crippen LogP contribution >= 0.6 is 11.8 Å². The van der Waals surface area contributed by atoms with Gasteiger partial charge in [-0.1, -0.05) is 42.1 Å². The third kappa shape index (κ3) is 3.74. The fourth-order valence-electron chi connectivity index (χ4n) is 3.74. The van der Waals surface area contributed by atoms with Crippen molar-refractivity contribution >= 4 is 34.4 Å². The highest BCUT2D eigenvalue weighted by Gasteiger charge is 2.27. The Kier molecular flexibility index (Phi) is 5.57. The average Bonchev–Trinajstić information content (AvgIpc) is 3.10. The summed E-state index contributed by atoms with van der Waals surface area (Å²) in [7, 11) is 0. The zero-order valence-corrected chi connectivity index (χ0v) is 17.2. The summed E-state index contributed by atoms with van der Waals surface area (Å²) < 4.78 is 2.19. The number of piperazine rings is 1. The highest BCUT2D eigenvalue weighted by atomic mass is 32.2. The van der Waals surface area contributed by atoms with Crippen LogP contribution in [-0.2, 0) is 11.3 Å². The molecule has 0 radical (unpaired) electrons. The molecule has 0 aliphatic carbocycles. The molecule has 146 valence electrons. The summed E-state index contributed by atoms with van der Waals surface area (Å²) >= 11 is 1.57. The van der Waals surface area contributed by atoms with E-state index in [0.29, 0.717) is 0 Å². The molecule has 1 aliphatic rings. The second-order valence-corrected chi connectivity index (χ2v) is 8.34. The molecule has 6 heteroatoms. The summed E-state index contributed by atoms with van der Waals surface area (Å²) in [6.07, 6.45) is 0. The van der Waals surface area contributed by atoms with Crippen molar-refractivity contribution in [1.29, 1.82) is 0 Å². The highest BCUT2D eigenvalue weighted by Crippen LogP contribution is 2.28. The van der Waals surface area contributed by atoms with Gasteiger partial charge in [-0.2, -0.15) is 0 Å². The van der Waals surface area contributed by atoms with Crippen LogP contribution in [0, 0.1) is 0 Å². The molecule has 0 saturated carbocycles. The molecule has 1 saturated heterocycles. The minimum atomic E-state index is -0.148. The van der Waals surface area contributed by atoms with Crippen LogP contribution in [0.2, 0.25) is 0 Å². The third-order valence-corrected chi connectivity index (χ3v) is 6.36. The molecule has 1 aliphatic heterocycles. The monoisotopic (exact) mass is 394 g/mol. The van der Waals surface area contributed by atoms with E-state index in [1.807, 2.05) is 36.1 Å². The lowest BCUT2D eigenvalue weighted by Crippen LogP contribution is -2.50. The van der Waals surface area contributed by atoms with Gasteiger partial charge in [-0.3, -0.25) is 4.79 Å². The molecule has 1 aromatic heterocycles. The highest BCUT2D eigenvalue weighted by molar-refractivity contribution is 8.00. The number of thioether (sulfide) groups is 1. The molecule has 0 spiro atoms. The molecule has 1 atom stereocenters. The number of carbonyl (C=O) groups excluding carboxylic acids is 1. The fraction of sp³-hybridized carbons (Fsp3) is 0.364. The maximum atomic E-state index is 13.0. The van der Waals surface area contributed by atoms with Crippen LogP contribution < -0.4 is 4.90 Å². The summed E-state index contributed by atoms with van der Waals surface area (Å²) in [6, 6.07) is 18.6. The molecule has 1 unspecified atom stereocenters. The molecule has 2 aromatic carbocycles. The van der Waals surface area contributed by atoms with Crippen LogP contribution in [0.4, 0.5) is 5.69 Å². The summed E-state index contributed by atoms with van der Waals surface area (Å²) in [5.74, 6) is 0.201. The minimum absolute atomic E-state index is 0.148. The van der Waals surface area contributed by atoms with Crippen molar-refractivity contribution in [3.63, 3.8) is 0 Å². The van der Waals surface area contributed by atoms with Crippen LogP contribution in [0.1, 0.15) is 13.8 Å². The molecule has 5 nitrogen and oxygen atoms in total. The first-order valence-corrected chi connectivity index (χ1v) is 10.8. The Labute approximate surface area is 170 Å². The van der Waals surface area contributed by atoms with Crippen molar-refractivity contribution in [3.05, 3.63) is 54.6 Å². The quantitative estimate of drug-likeness (QED) is 0.616. The van der Waals surface area contributed by atoms with Crippen LogP contribution in [0.25, 0.3) is 11.0 Å². The first kappa shape index (κ1) is 18.9. The lowest BCUT2D eigenvalue weighted by molar-refractivity contribution is -0.130. The van der Waals surface area contributed by atoms with Gasteiger partial charge in [0.25, 0.3) is 0 Å². The van der Waals surface area contributed by atoms with E-state index in [0.717, 1.165) is 48.9 Å². The second-order valence-electron chi connectivity index (χ2n) is 7.04. The number of para-hydroxylation sites is 3. The van der Waals surface area contributed by atoms with E-state index >= 15 is 0 Å². The molecule has 1 amide bonds. The van der Waals surface area contributed by atoms with Gasteiger partial charge in [0.05, 0.1) is 16.3 Å². The largest absolute Gasteiger partial charge is 0.368 e. The van der Waals surface area contributed by atoms with E-state index in [1.54, 1.807) is 11.8 Å². The Bertz CT molecular complexity index is 948. The molecule has 0 bridgehead atoms. The summed E-state index contributed by atoms with van der Waals surface area (Å²) in [5, 5.41) is 0.776. The number of imidazole rings is 1. The van der Waals surface area contributed by atoms with Gasteiger partial charge < -0.3 is 14.4 Å². The number of anilines is 1. The maximum Gasteiger partial charge on any atom is 0.236 e. The lowest BCUT2D eigenvalue weighted by atomic mass is 10.2. The number of hydrogen-bond donors (Lipinski definition) is 0. The van der Waals surface area contributed by atoms with Gasteiger partial charge in [0.15, 0.2) is 5.16 Å². The summed E-state index contributed by atoms with van der Waals surface area (Å²) in [6.45, 7) is 8.25. The molecular weight excluding hydrogens is 368 g/mol. The van der Waals surface area contributed by atoms with Gasteiger partial charge >= 0.3 is 0 Å². The smallest absolute Gasteiger partial charge is 0.236 e.